The van der Waals surface area contributed by atoms with Gasteiger partial charge in [-0.2, -0.15) is 5.10 Å². The van der Waals surface area contributed by atoms with E-state index in [0.717, 1.165) is 17.7 Å². The lowest BCUT2D eigenvalue weighted by Crippen LogP contribution is -2.33. The number of halogens is 1. The Kier molecular flexibility index (Phi) is 6.12. The number of pyridine rings is 1. The zero-order valence-electron chi connectivity index (χ0n) is 14.5. The van der Waals surface area contributed by atoms with Crippen LogP contribution in [0.5, 0.6) is 5.88 Å². The highest BCUT2D eigenvalue weighted by molar-refractivity contribution is 9.10. The number of hydrogen-bond donors (Lipinski definition) is 1. The van der Waals surface area contributed by atoms with E-state index in [1.165, 1.54) is 15.2 Å². The summed E-state index contributed by atoms with van der Waals surface area (Å²) >= 11 is 0.805. The molecule has 11 heteroatoms. The van der Waals surface area contributed by atoms with Crippen molar-refractivity contribution >= 4 is 38.9 Å². The Hall–Kier alpha value is -1.98. The highest BCUT2D eigenvalue weighted by Crippen LogP contribution is 2.39. The minimum atomic E-state index is -2.55. The first-order chi connectivity index (χ1) is 12.9. The number of nitrogens with zero attached hydrogens (tertiary/aromatic N) is 4. The van der Waals surface area contributed by atoms with E-state index in [1.807, 2.05) is 6.92 Å². The number of aromatic nitrogens is 3. The van der Waals surface area contributed by atoms with Gasteiger partial charge in [0.05, 0.1) is 35.2 Å². The molecule has 1 aliphatic rings. The van der Waals surface area contributed by atoms with Gasteiger partial charge in [0.2, 0.25) is 5.88 Å². The summed E-state index contributed by atoms with van der Waals surface area (Å²) in [5, 5.41) is 13.2. The van der Waals surface area contributed by atoms with E-state index < -0.39 is 23.3 Å². The molecular formula is C16H18BrN4O5S-. The number of carboxylic acids is 1. The van der Waals surface area contributed by atoms with Gasteiger partial charge in [0.15, 0.2) is 0 Å². The van der Waals surface area contributed by atoms with E-state index in [-0.39, 0.29) is 6.54 Å². The number of carboxylic acid groups (broad SMARTS) is 1. The second kappa shape index (κ2) is 8.36. The van der Waals surface area contributed by atoms with Crippen LogP contribution in [0, 0.1) is 0 Å². The van der Waals surface area contributed by atoms with Gasteiger partial charge in [-0.15, -0.1) is 0 Å². The van der Waals surface area contributed by atoms with Crippen molar-refractivity contribution in [2.75, 3.05) is 10.9 Å². The summed E-state index contributed by atoms with van der Waals surface area (Å²) < 4.78 is 32.7. The van der Waals surface area contributed by atoms with Gasteiger partial charge in [-0.05, 0) is 48.2 Å². The van der Waals surface area contributed by atoms with Crippen molar-refractivity contribution in [2.45, 2.75) is 38.8 Å². The van der Waals surface area contributed by atoms with Crippen LogP contribution >= 0.6 is 15.9 Å². The quantitative estimate of drug-likeness (QED) is 0.632. The highest BCUT2D eigenvalue weighted by atomic mass is 79.9. The maximum absolute atomic E-state index is 12.0. The number of aliphatic carboxylic acids is 1. The molecule has 1 N–H and O–H groups in total. The normalized spacial score (nSPS) is 17.2. The lowest BCUT2D eigenvalue weighted by molar-refractivity contribution is -0.137. The first-order valence-electron chi connectivity index (χ1n) is 8.35. The van der Waals surface area contributed by atoms with Gasteiger partial charge in [0.1, 0.15) is 6.54 Å². The fourth-order valence-corrected chi connectivity index (χ4v) is 4.40. The molecule has 9 nitrogen and oxygen atoms in total. The Balaban J connectivity index is 1.98. The zero-order valence-corrected chi connectivity index (χ0v) is 16.9. The Labute approximate surface area is 166 Å². The third kappa shape index (κ3) is 4.14. The highest BCUT2D eigenvalue weighted by Gasteiger charge is 2.31. The maximum Gasteiger partial charge on any atom is 0.325 e. The van der Waals surface area contributed by atoms with Gasteiger partial charge in [0, 0.05) is 22.5 Å². The molecule has 2 heterocycles. The smallest absolute Gasteiger partial charge is 0.325 e. The number of rotatable bonds is 7. The Morgan fingerprint density at radius 3 is 2.96 bits per heavy atom. The molecule has 2 unspecified atom stereocenters. The van der Waals surface area contributed by atoms with Crippen molar-refractivity contribution in [3.63, 3.8) is 0 Å². The minimum absolute atomic E-state index is 0.251. The molecule has 146 valence electrons. The number of ether oxygens (including phenoxy) is 1. The van der Waals surface area contributed by atoms with Gasteiger partial charge >= 0.3 is 5.97 Å². The molecule has 0 radical (unpaired) electrons. The van der Waals surface area contributed by atoms with Crippen LogP contribution in [0.4, 0.5) is 5.69 Å². The Morgan fingerprint density at radius 1 is 1.56 bits per heavy atom. The summed E-state index contributed by atoms with van der Waals surface area (Å²) in [6.45, 7) is 2.02. The number of hydrogen-bond acceptors (Lipinski definition) is 6. The van der Waals surface area contributed by atoms with E-state index >= 15 is 0 Å². The Bertz CT molecular complexity index is 874. The maximum atomic E-state index is 12.0. The summed E-state index contributed by atoms with van der Waals surface area (Å²) in [5.41, 5.74) is 1.86. The van der Waals surface area contributed by atoms with E-state index in [4.69, 9.17) is 9.84 Å². The molecule has 0 aromatic carbocycles. The molecule has 2 atom stereocenters. The molecule has 3 rings (SSSR count). The van der Waals surface area contributed by atoms with E-state index in [0.29, 0.717) is 35.5 Å². The third-order valence-electron chi connectivity index (χ3n) is 4.29. The van der Waals surface area contributed by atoms with Crippen molar-refractivity contribution < 1.29 is 23.4 Å². The number of carbonyl (C=O) groups is 1. The summed E-state index contributed by atoms with van der Waals surface area (Å²) in [7, 11) is 0. The first kappa shape index (κ1) is 19.8. The molecule has 2 aromatic heterocycles. The van der Waals surface area contributed by atoms with Gasteiger partial charge in [-0.1, -0.05) is 0 Å². The molecule has 0 bridgehead atoms. The topological polar surface area (TPSA) is 121 Å². The summed E-state index contributed by atoms with van der Waals surface area (Å²) in [6.07, 6.45) is 4.98. The third-order valence-corrected chi connectivity index (χ3v) is 5.64. The standard InChI is InChI=1S/C16H19BrN4O5S/c1-2-26-16-12(17)6-10(7-18-16)21(27(24)25)14-5-3-4-13-11(14)8-19-20(13)9-15(22)23/h6-8,14H,2-5,9H2,1H3,(H,22,23)(H,24,25)/p-1. The first-order valence-corrected chi connectivity index (χ1v) is 10.2. The molecule has 1 aliphatic carbocycles. The molecule has 0 amide bonds. The lowest BCUT2D eigenvalue weighted by Gasteiger charge is -2.36. The predicted octanol–water partition coefficient (Wildman–Crippen LogP) is 2.20. The SMILES string of the molecule is CCOc1ncc(N(C2CCCc3c2cnn3CC(=O)O)S(=O)[O-])cc1Br. The summed E-state index contributed by atoms with van der Waals surface area (Å²) in [6, 6.07) is 1.17. The van der Waals surface area contributed by atoms with Crippen LogP contribution in [-0.2, 0) is 29.0 Å². The monoisotopic (exact) mass is 457 g/mol. The molecule has 27 heavy (non-hydrogen) atoms. The largest absolute Gasteiger partial charge is 0.755 e. The average molecular weight is 458 g/mol. The molecule has 0 aliphatic heterocycles. The fourth-order valence-electron chi connectivity index (χ4n) is 3.25. The van der Waals surface area contributed by atoms with Crippen LogP contribution in [0.15, 0.2) is 22.9 Å². The number of fused-ring (bicyclic) bond motifs is 1. The summed E-state index contributed by atoms with van der Waals surface area (Å²) in [5.74, 6) is -0.608. The second-order valence-electron chi connectivity index (χ2n) is 5.96. The van der Waals surface area contributed by atoms with Gasteiger partial charge in [-0.3, -0.25) is 18.0 Å². The van der Waals surface area contributed by atoms with E-state index in [2.05, 4.69) is 26.0 Å². The van der Waals surface area contributed by atoms with Crippen LogP contribution in [0.25, 0.3) is 0 Å². The molecule has 0 saturated heterocycles. The zero-order chi connectivity index (χ0) is 19.6. The predicted molar refractivity (Wildman–Crippen MR) is 100 cm³/mol. The Morgan fingerprint density at radius 2 is 2.33 bits per heavy atom. The molecule has 2 aromatic rings. The van der Waals surface area contributed by atoms with Crippen LogP contribution in [0.3, 0.4) is 0 Å². The van der Waals surface area contributed by atoms with Crippen LogP contribution in [0.1, 0.15) is 37.1 Å². The van der Waals surface area contributed by atoms with Crippen LogP contribution in [-0.4, -0.2) is 41.2 Å². The summed E-state index contributed by atoms with van der Waals surface area (Å²) in [4.78, 5) is 15.2. The molecule has 0 spiro atoms. The van der Waals surface area contributed by atoms with Crippen molar-refractivity contribution in [1.82, 2.24) is 14.8 Å². The van der Waals surface area contributed by atoms with Crippen LogP contribution < -0.4 is 9.04 Å². The number of anilines is 1. The molecular weight excluding hydrogens is 440 g/mol. The lowest BCUT2D eigenvalue weighted by atomic mass is 9.92. The molecule has 0 saturated carbocycles. The van der Waals surface area contributed by atoms with Gasteiger partial charge in [0.25, 0.3) is 0 Å². The van der Waals surface area contributed by atoms with E-state index in [9.17, 15) is 13.6 Å². The van der Waals surface area contributed by atoms with Crippen molar-refractivity contribution in [3.8, 4) is 5.88 Å². The van der Waals surface area contributed by atoms with E-state index in [1.54, 1.807) is 12.3 Å². The molecule has 0 fully saturated rings. The van der Waals surface area contributed by atoms with Gasteiger partial charge in [-0.25, -0.2) is 4.98 Å². The van der Waals surface area contributed by atoms with Crippen molar-refractivity contribution in [2.24, 2.45) is 0 Å². The van der Waals surface area contributed by atoms with Crippen molar-refractivity contribution in [1.29, 1.82) is 0 Å². The van der Waals surface area contributed by atoms with Crippen molar-refractivity contribution in [3.05, 3.63) is 34.2 Å². The average Bonchev–Trinajstić information content (AvgIpc) is 3.00. The second-order valence-corrected chi connectivity index (χ2v) is 7.64. The van der Waals surface area contributed by atoms with Gasteiger partial charge < -0.3 is 14.4 Å². The minimum Gasteiger partial charge on any atom is -0.755 e. The van der Waals surface area contributed by atoms with Crippen LogP contribution in [0.2, 0.25) is 0 Å². The fraction of sp³-hybridized carbons (Fsp3) is 0.438.